The molecule has 0 fully saturated rings. The van der Waals surface area contributed by atoms with Crippen molar-refractivity contribution in [1.29, 1.82) is 0 Å². The highest BCUT2D eigenvalue weighted by atomic mass is 35.5. The van der Waals surface area contributed by atoms with Crippen molar-refractivity contribution in [1.82, 2.24) is 4.98 Å². The highest BCUT2D eigenvalue weighted by Gasteiger charge is 2.20. The number of aromatic nitrogens is 1. The summed E-state index contributed by atoms with van der Waals surface area (Å²) in [6.07, 6.45) is 0.252. The van der Waals surface area contributed by atoms with Crippen LogP contribution in [0, 0.1) is 0 Å². The Labute approximate surface area is 159 Å². The van der Waals surface area contributed by atoms with Gasteiger partial charge in [0.05, 0.1) is 15.6 Å². The second-order valence-corrected chi connectivity index (χ2v) is 6.12. The van der Waals surface area contributed by atoms with Gasteiger partial charge in [-0.15, -0.1) is 0 Å². The Hall–Kier alpha value is -2.64. The molecule has 2 aromatic rings. The number of carbonyl (C=O) groups is 3. The molecule has 0 spiro atoms. The molecule has 2 N–H and O–H groups in total. The number of nitrogens with zero attached hydrogens (tertiary/aromatic N) is 1. The lowest BCUT2D eigenvalue weighted by Gasteiger charge is -2.14. The Morgan fingerprint density at radius 1 is 1.12 bits per heavy atom. The number of hydrogen-bond donors (Lipinski definition) is 2. The minimum absolute atomic E-state index is 0.114. The van der Waals surface area contributed by atoms with Gasteiger partial charge in [-0.3, -0.25) is 9.59 Å². The molecule has 26 heavy (non-hydrogen) atoms. The zero-order chi connectivity index (χ0) is 19.3. The first-order chi connectivity index (χ1) is 12.3. The molecule has 1 atom stereocenters. The van der Waals surface area contributed by atoms with Crippen molar-refractivity contribution in [2.75, 3.05) is 10.6 Å². The zero-order valence-corrected chi connectivity index (χ0v) is 15.4. The molecule has 0 aliphatic rings. The van der Waals surface area contributed by atoms with Gasteiger partial charge in [-0.05, 0) is 37.3 Å². The SMILES string of the molecule is CC(=O)Nc1ccc(C(=O)OC(C)C(=O)Nc2ncc(Cl)cc2Cl)cc1. The minimum atomic E-state index is -1.08. The molecule has 9 heteroatoms. The summed E-state index contributed by atoms with van der Waals surface area (Å²) in [5, 5.41) is 5.54. The van der Waals surface area contributed by atoms with Crippen LogP contribution in [0.5, 0.6) is 0 Å². The third-order valence-electron chi connectivity index (χ3n) is 3.14. The molecule has 1 heterocycles. The van der Waals surface area contributed by atoms with Crippen molar-refractivity contribution in [2.24, 2.45) is 0 Å². The van der Waals surface area contributed by atoms with Crippen LogP contribution in [0.2, 0.25) is 10.0 Å². The summed E-state index contributed by atoms with van der Waals surface area (Å²) in [5.74, 6) is -1.38. The molecule has 0 bridgehead atoms. The molecular formula is C17H15Cl2N3O4. The summed E-state index contributed by atoms with van der Waals surface area (Å²) in [6.45, 7) is 2.80. The molecule has 1 unspecified atom stereocenters. The number of anilines is 2. The second kappa shape index (κ2) is 8.64. The fourth-order valence-electron chi connectivity index (χ4n) is 1.90. The third kappa shape index (κ3) is 5.44. The van der Waals surface area contributed by atoms with E-state index < -0.39 is 18.0 Å². The Kier molecular flexibility index (Phi) is 6.54. The number of esters is 1. The van der Waals surface area contributed by atoms with E-state index in [9.17, 15) is 14.4 Å². The number of amides is 2. The molecule has 136 valence electrons. The fraction of sp³-hybridized carbons (Fsp3) is 0.176. The minimum Gasteiger partial charge on any atom is -0.449 e. The molecule has 0 aliphatic carbocycles. The Morgan fingerprint density at radius 2 is 1.77 bits per heavy atom. The molecule has 2 rings (SSSR count). The average molecular weight is 396 g/mol. The molecule has 0 radical (unpaired) electrons. The molecule has 0 saturated carbocycles. The van der Waals surface area contributed by atoms with Gasteiger partial charge in [0, 0.05) is 18.8 Å². The highest BCUT2D eigenvalue weighted by Crippen LogP contribution is 2.22. The highest BCUT2D eigenvalue weighted by molar-refractivity contribution is 6.36. The number of pyridine rings is 1. The first-order valence-corrected chi connectivity index (χ1v) is 8.22. The number of benzene rings is 1. The van der Waals surface area contributed by atoms with E-state index in [-0.39, 0.29) is 22.3 Å². The summed E-state index contributed by atoms with van der Waals surface area (Å²) >= 11 is 11.7. The van der Waals surface area contributed by atoms with E-state index in [2.05, 4.69) is 15.6 Å². The third-order valence-corrected chi connectivity index (χ3v) is 3.64. The van der Waals surface area contributed by atoms with Crippen LogP contribution in [0.15, 0.2) is 36.5 Å². The zero-order valence-electron chi connectivity index (χ0n) is 13.9. The van der Waals surface area contributed by atoms with Gasteiger partial charge >= 0.3 is 5.97 Å². The van der Waals surface area contributed by atoms with Gasteiger partial charge in [-0.1, -0.05) is 23.2 Å². The monoisotopic (exact) mass is 395 g/mol. The first-order valence-electron chi connectivity index (χ1n) is 7.47. The summed E-state index contributed by atoms with van der Waals surface area (Å²) in [6, 6.07) is 7.50. The van der Waals surface area contributed by atoms with Crippen LogP contribution >= 0.6 is 23.2 Å². The summed E-state index contributed by atoms with van der Waals surface area (Å²) in [4.78, 5) is 39.1. The van der Waals surface area contributed by atoms with Crippen molar-refractivity contribution >= 4 is 52.5 Å². The van der Waals surface area contributed by atoms with Crippen LogP contribution in [-0.4, -0.2) is 28.9 Å². The fourth-order valence-corrected chi connectivity index (χ4v) is 2.33. The average Bonchev–Trinajstić information content (AvgIpc) is 2.57. The van der Waals surface area contributed by atoms with Gasteiger partial charge in [-0.25, -0.2) is 9.78 Å². The lowest BCUT2D eigenvalue weighted by atomic mass is 10.2. The van der Waals surface area contributed by atoms with Crippen molar-refractivity contribution in [3.63, 3.8) is 0 Å². The number of ether oxygens (including phenoxy) is 1. The Balaban J connectivity index is 1.97. The molecular weight excluding hydrogens is 381 g/mol. The molecule has 1 aromatic carbocycles. The molecule has 0 saturated heterocycles. The van der Waals surface area contributed by atoms with Crippen LogP contribution in [0.4, 0.5) is 11.5 Å². The Bertz CT molecular complexity index is 840. The van der Waals surface area contributed by atoms with Crippen molar-refractivity contribution in [3.05, 3.63) is 52.1 Å². The topological polar surface area (TPSA) is 97.4 Å². The maximum atomic E-state index is 12.1. The quantitative estimate of drug-likeness (QED) is 0.754. The smallest absolute Gasteiger partial charge is 0.338 e. The first kappa shape index (κ1) is 19.7. The van der Waals surface area contributed by atoms with Gasteiger partial charge in [0.1, 0.15) is 0 Å². The second-order valence-electron chi connectivity index (χ2n) is 5.28. The summed E-state index contributed by atoms with van der Waals surface area (Å²) in [5.41, 5.74) is 0.782. The van der Waals surface area contributed by atoms with Gasteiger partial charge in [-0.2, -0.15) is 0 Å². The number of nitrogens with one attached hydrogen (secondary N) is 2. The predicted molar refractivity (Wildman–Crippen MR) is 98.5 cm³/mol. The van der Waals surface area contributed by atoms with Crippen LogP contribution in [-0.2, 0) is 14.3 Å². The van der Waals surface area contributed by atoms with E-state index in [1.807, 2.05) is 0 Å². The molecule has 2 amide bonds. The van der Waals surface area contributed by atoms with Crippen molar-refractivity contribution in [2.45, 2.75) is 20.0 Å². The number of rotatable bonds is 5. The van der Waals surface area contributed by atoms with E-state index in [0.29, 0.717) is 10.7 Å². The van der Waals surface area contributed by atoms with Crippen LogP contribution in [0.3, 0.4) is 0 Å². The van der Waals surface area contributed by atoms with Crippen molar-refractivity contribution < 1.29 is 19.1 Å². The molecule has 0 aliphatic heterocycles. The standard InChI is InChI=1S/C17H15Cl2N3O4/c1-9(16(24)22-15-14(19)7-12(18)8-20-15)26-17(25)11-3-5-13(6-4-11)21-10(2)23/h3-9H,1-2H3,(H,21,23)(H,20,22,24). The van der Waals surface area contributed by atoms with E-state index in [1.165, 1.54) is 38.2 Å². The van der Waals surface area contributed by atoms with Gasteiger partial charge in [0.15, 0.2) is 11.9 Å². The lowest BCUT2D eigenvalue weighted by molar-refractivity contribution is -0.123. The van der Waals surface area contributed by atoms with Crippen LogP contribution in [0.25, 0.3) is 0 Å². The van der Waals surface area contributed by atoms with E-state index >= 15 is 0 Å². The maximum Gasteiger partial charge on any atom is 0.338 e. The van der Waals surface area contributed by atoms with Crippen LogP contribution in [0.1, 0.15) is 24.2 Å². The number of carbonyl (C=O) groups excluding carboxylic acids is 3. The van der Waals surface area contributed by atoms with Crippen molar-refractivity contribution in [3.8, 4) is 0 Å². The van der Waals surface area contributed by atoms with Gasteiger partial charge < -0.3 is 15.4 Å². The maximum absolute atomic E-state index is 12.1. The normalized spacial score (nSPS) is 11.4. The van der Waals surface area contributed by atoms with Crippen LogP contribution < -0.4 is 10.6 Å². The van der Waals surface area contributed by atoms with Gasteiger partial charge in [0.25, 0.3) is 5.91 Å². The molecule has 7 nitrogen and oxygen atoms in total. The summed E-state index contributed by atoms with van der Waals surface area (Å²) < 4.78 is 5.12. The number of halogens is 2. The van der Waals surface area contributed by atoms with Gasteiger partial charge in [0.2, 0.25) is 5.91 Å². The van der Waals surface area contributed by atoms with E-state index in [1.54, 1.807) is 12.1 Å². The van der Waals surface area contributed by atoms with E-state index in [0.717, 1.165) is 0 Å². The molecule has 1 aromatic heterocycles. The largest absolute Gasteiger partial charge is 0.449 e. The lowest BCUT2D eigenvalue weighted by Crippen LogP contribution is -2.30. The number of hydrogen-bond acceptors (Lipinski definition) is 5. The Morgan fingerprint density at radius 3 is 2.35 bits per heavy atom. The summed E-state index contributed by atoms with van der Waals surface area (Å²) in [7, 11) is 0. The van der Waals surface area contributed by atoms with E-state index in [4.69, 9.17) is 27.9 Å². The predicted octanol–water partition coefficient (Wildman–Crippen LogP) is 3.53.